The van der Waals surface area contributed by atoms with Gasteiger partial charge in [-0.05, 0) is 16.6 Å². The summed E-state index contributed by atoms with van der Waals surface area (Å²) < 4.78 is 66.8. The first-order valence-corrected chi connectivity index (χ1v) is 6.04. The third-order valence-electron chi connectivity index (χ3n) is 3.24. The van der Waals surface area contributed by atoms with E-state index in [2.05, 4.69) is 0 Å². The zero-order valence-electron chi connectivity index (χ0n) is 11.2. The largest absolute Gasteiger partial charge is 0.234 e. The Morgan fingerprint density at radius 2 is 1.50 bits per heavy atom. The van der Waals surface area contributed by atoms with Gasteiger partial charge in [-0.2, -0.15) is 0 Å². The molecule has 0 aromatic rings. The van der Waals surface area contributed by atoms with E-state index in [-0.39, 0.29) is 11.0 Å². The molecule has 1 atom stereocenters. The van der Waals surface area contributed by atoms with E-state index in [9.17, 15) is 22.0 Å². The molecule has 0 spiro atoms. The second-order valence-corrected chi connectivity index (χ2v) is 5.70. The molecule has 0 saturated heterocycles. The molecule has 0 aromatic heterocycles. The topological polar surface area (TPSA) is 0 Å². The molecule has 2 aliphatic rings. The Morgan fingerprint density at radius 3 is 2.00 bits per heavy atom. The van der Waals surface area contributed by atoms with E-state index >= 15 is 0 Å². The van der Waals surface area contributed by atoms with Crippen LogP contribution in [0.1, 0.15) is 20.8 Å². The molecule has 0 radical (unpaired) electrons. The fourth-order valence-electron chi connectivity index (χ4n) is 2.02. The number of alkyl halides is 1. The third kappa shape index (κ3) is 2.25. The van der Waals surface area contributed by atoms with Gasteiger partial charge in [-0.3, -0.25) is 0 Å². The molecular weight excluding hydrogens is 275 g/mol. The van der Waals surface area contributed by atoms with E-state index < -0.39 is 35.1 Å². The lowest BCUT2D eigenvalue weighted by molar-refractivity contribution is 0.321. The summed E-state index contributed by atoms with van der Waals surface area (Å²) in [6.45, 7) is 5.66. The molecule has 2 rings (SSSR count). The van der Waals surface area contributed by atoms with E-state index in [4.69, 9.17) is 0 Å². The second-order valence-electron chi connectivity index (χ2n) is 5.70. The van der Waals surface area contributed by atoms with Crippen LogP contribution in [0.5, 0.6) is 0 Å². The van der Waals surface area contributed by atoms with Gasteiger partial charge in [0.2, 0.25) is 0 Å². The highest BCUT2D eigenvalue weighted by Gasteiger charge is 2.37. The van der Waals surface area contributed by atoms with Crippen molar-refractivity contribution in [1.29, 1.82) is 0 Å². The Balaban J connectivity index is 2.58. The average Bonchev–Trinajstić information content (AvgIpc) is 2.83. The summed E-state index contributed by atoms with van der Waals surface area (Å²) in [4.78, 5) is 0. The normalized spacial score (nSPS) is 27.6. The number of hydrogen-bond acceptors (Lipinski definition) is 0. The molecule has 0 aliphatic heterocycles. The molecule has 0 saturated carbocycles. The van der Waals surface area contributed by atoms with Gasteiger partial charge in [0.15, 0.2) is 29.5 Å². The third-order valence-corrected chi connectivity index (χ3v) is 3.24. The summed E-state index contributed by atoms with van der Waals surface area (Å²) in [7, 11) is 0. The summed E-state index contributed by atoms with van der Waals surface area (Å²) in [5, 5.41) is 0. The number of halogens is 5. The molecule has 1 unspecified atom stereocenters. The predicted molar refractivity (Wildman–Crippen MR) is 67.1 cm³/mol. The molecule has 0 amide bonds. The van der Waals surface area contributed by atoms with Crippen molar-refractivity contribution in [3.8, 4) is 0 Å². The quantitative estimate of drug-likeness (QED) is 0.518. The van der Waals surface area contributed by atoms with Gasteiger partial charge in [0.25, 0.3) is 0 Å². The fraction of sp³-hybridized carbons (Fsp3) is 0.333. The van der Waals surface area contributed by atoms with Gasteiger partial charge in [-0.15, -0.1) is 0 Å². The van der Waals surface area contributed by atoms with E-state index in [1.54, 1.807) is 6.08 Å². The molecule has 20 heavy (non-hydrogen) atoms. The summed E-state index contributed by atoms with van der Waals surface area (Å²) in [5.41, 5.74) is -0.317. The maximum absolute atomic E-state index is 13.8. The first-order valence-electron chi connectivity index (χ1n) is 6.04. The first kappa shape index (κ1) is 14.8. The van der Waals surface area contributed by atoms with Crippen LogP contribution in [0.25, 0.3) is 0 Å². The van der Waals surface area contributed by atoms with Gasteiger partial charge in [0.05, 0.1) is 0 Å². The lowest BCUT2D eigenvalue weighted by Crippen LogP contribution is -2.15. The van der Waals surface area contributed by atoms with E-state index in [1.165, 1.54) is 12.2 Å². The van der Waals surface area contributed by atoms with Crippen molar-refractivity contribution in [2.24, 2.45) is 5.41 Å². The van der Waals surface area contributed by atoms with Crippen molar-refractivity contribution in [2.45, 2.75) is 26.9 Å². The van der Waals surface area contributed by atoms with Gasteiger partial charge >= 0.3 is 0 Å². The van der Waals surface area contributed by atoms with Crippen LogP contribution in [0.4, 0.5) is 22.0 Å². The summed E-state index contributed by atoms with van der Waals surface area (Å²) in [6.07, 6.45) is 1.80. The van der Waals surface area contributed by atoms with Gasteiger partial charge in [0, 0.05) is 5.57 Å². The Hall–Kier alpha value is -1.65. The van der Waals surface area contributed by atoms with Crippen LogP contribution in [0, 0.1) is 5.41 Å². The van der Waals surface area contributed by atoms with Crippen molar-refractivity contribution in [2.75, 3.05) is 0 Å². The predicted octanol–water partition coefficient (Wildman–Crippen LogP) is 5.48. The maximum Gasteiger partial charge on any atom is 0.197 e. The zero-order valence-corrected chi connectivity index (χ0v) is 11.2. The van der Waals surface area contributed by atoms with Crippen molar-refractivity contribution < 1.29 is 22.0 Å². The molecule has 2 aliphatic carbocycles. The number of rotatable bonds is 0. The minimum absolute atomic E-state index is 0.0118. The van der Waals surface area contributed by atoms with Crippen molar-refractivity contribution in [3.05, 3.63) is 58.3 Å². The highest BCUT2D eigenvalue weighted by molar-refractivity contribution is 5.59. The Kier molecular flexibility index (Phi) is 3.48. The molecule has 5 heteroatoms. The van der Waals surface area contributed by atoms with Crippen LogP contribution >= 0.6 is 0 Å². The van der Waals surface area contributed by atoms with E-state index in [0.717, 1.165) is 5.57 Å². The van der Waals surface area contributed by atoms with Crippen LogP contribution < -0.4 is 0 Å². The maximum atomic E-state index is 13.8. The van der Waals surface area contributed by atoms with Crippen LogP contribution in [0.15, 0.2) is 58.3 Å². The van der Waals surface area contributed by atoms with Gasteiger partial charge in [0.1, 0.15) is 0 Å². The minimum atomic E-state index is -2.63. The van der Waals surface area contributed by atoms with Crippen LogP contribution in [-0.4, -0.2) is 6.17 Å². The second kappa shape index (κ2) is 4.72. The minimum Gasteiger partial charge on any atom is -0.234 e. The van der Waals surface area contributed by atoms with Gasteiger partial charge in [-0.1, -0.05) is 39.0 Å². The highest BCUT2D eigenvalue weighted by atomic mass is 19.2. The standard InChI is InChI=1S/C15H13F5/c1-15(2,3)8-5-4-7(6-8)9-10(16)12(18)14(20)13(19)11(9)17/h4-6,10H,1-3H3/b9-7-. The smallest absolute Gasteiger partial charge is 0.197 e. The van der Waals surface area contributed by atoms with E-state index in [0.29, 0.717) is 0 Å². The molecular formula is C15H13F5. The fourth-order valence-corrected chi connectivity index (χ4v) is 2.02. The van der Waals surface area contributed by atoms with Crippen LogP contribution in [0.3, 0.4) is 0 Å². The molecule has 0 nitrogen and oxygen atoms in total. The van der Waals surface area contributed by atoms with Crippen molar-refractivity contribution >= 4 is 0 Å². The molecule has 0 aromatic carbocycles. The highest BCUT2D eigenvalue weighted by Crippen LogP contribution is 2.43. The molecule has 108 valence electrons. The molecule has 0 N–H and O–H groups in total. The average molecular weight is 288 g/mol. The lowest BCUT2D eigenvalue weighted by atomic mass is 9.87. The lowest BCUT2D eigenvalue weighted by Gasteiger charge is -2.19. The molecule has 0 bridgehead atoms. The van der Waals surface area contributed by atoms with Gasteiger partial charge in [-0.25, -0.2) is 22.0 Å². The monoisotopic (exact) mass is 288 g/mol. The number of hydrogen-bond donors (Lipinski definition) is 0. The van der Waals surface area contributed by atoms with Gasteiger partial charge < -0.3 is 0 Å². The Bertz CT molecular complexity index is 609. The molecule has 0 fully saturated rings. The summed E-state index contributed by atoms with van der Waals surface area (Å²) in [6, 6.07) is 0. The zero-order chi connectivity index (χ0) is 15.2. The SMILES string of the molecule is CC(C)(C)C1=C/C(=C2\C(F)=C(F)C(F)=C(F)C2F)C=C1. The first-order chi connectivity index (χ1) is 9.14. The van der Waals surface area contributed by atoms with Crippen LogP contribution in [-0.2, 0) is 0 Å². The van der Waals surface area contributed by atoms with E-state index in [1.807, 2.05) is 20.8 Å². The van der Waals surface area contributed by atoms with Crippen molar-refractivity contribution in [1.82, 2.24) is 0 Å². The van der Waals surface area contributed by atoms with Crippen molar-refractivity contribution in [3.63, 3.8) is 0 Å². The Labute approximate surface area is 113 Å². The number of allylic oxidation sites excluding steroid dienone is 10. The van der Waals surface area contributed by atoms with Crippen LogP contribution in [0.2, 0.25) is 0 Å². The summed E-state index contributed by atoms with van der Waals surface area (Å²) in [5.74, 6) is -7.73. The molecule has 0 heterocycles. The Morgan fingerprint density at radius 1 is 0.900 bits per heavy atom. The summed E-state index contributed by atoms with van der Waals surface area (Å²) >= 11 is 0.